The lowest BCUT2D eigenvalue weighted by atomic mass is 9.78. The SMILES string of the molecule is CC1CCOC1C(=O)N1CCNCC12CCCCC2. The van der Waals surface area contributed by atoms with Gasteiger partial charge in [0.1, 0.15) is 6.10 Å². The molecule has 1 saturated carbocycles. The fourth-order valence-corrected chi connectivity index (χ4v) is 4.01. The number of piperazine rings is 1. The highest BCUT2D eigenvalue weighted by Gasteiger charge is 2.45. The molecule has 2 unspecified atom stereocenters. The lowest BCUT2D eigenvalue weighted by molar-refractivity contribution is -0.152. The molecule has 0 aromatic carbocycles. The van der Waals surface area contributed by atoms with E-state index in [9.17, 15) is 4.79 Å². The Hall–Kier alpha value is -0.610. The van der Waals surface area contributed by atoms with Crippen molar-refractivity contribution in [1.29, 1.82) is 0 Å². The molecule has 19 heavy (non-hydrogen) atoms. The van der Waals surface area contributed by atoms with Gasteiger partial charge in [0.15, 0.2) is 0 Å². The van der Waals surface area contributed by atoms with Crippen molar-refractivity contribution in [1.82, 2.24) is 10.2 Å². The summed E-state index contributed by atoms with van der Waals surface area (Å²) in [5.41, 5.74) is 0.0826. The van der Waals surface area contributed by atoms with E-state index >= 15 is 0 Å². The van der Waals surface area contributed by atoms with E-state index in [0.29, 0.717) is 5.92 Å². The van der Waals surface area contributed by atoms with E-state index in [2.05, 4.69) is 17.1 Å². The molecule has 1 aliphatic carbocycles. The molecule has 3 rings (SSSR count). The molecule has 0 radical (unpaired) electrons. The van der Waals surface area contributed by atoms with Crippen LogP contribution < -0.4 is 5.32 Å². The molecule has 1 amide bonds. The minimum atomic E-state index is -0.183. The van der Waals surface area contributed by atoms with E-state index in [4.69, 9.17) is 4.74 Å². The van der Waals surface area contributed by atoms with Crippen LogP contribution in [0.25, 0.3) is 0 Å². The van der Waals surface area contributed by atoms with Gasteiger partial charge in [-0.2, -0.15) is 0 Å². The molecule has 3 aliphatic rings. The van der Waals surface area contributed by atoms with Crippen LogP contribution in [-0.4, -0.2) is 48.7 Å². The number of carbonyl (C=O) groups is 1. The Kier molecular flexibility index (Phi) is 3.81. The summed E-state index contributed by atoms with van der Waals surface area (Å²) >= 11 is 0. The van der Waals surface area contributed by atoms with Gasteiger partial charge in [0.2, 0.25) is 0 Å². The zero-order chi connectivity index (χ0) is 13.3. The number of rotatable bonds is 1. The second-order valence-electron chi connectivity index (χ2n) is 6.51. The van der Waals surface area contributed by atoms with Crippen LogP contribution in [0.15, 0.2) is 0 Å². The molecule has 2 heterocycles. The predicted octanol–water partition coefficient (Wildman–Crippen LogP) is 1.55. The van der Waals surface area contributed by atoms with Crippen molar-refractivity contribution in [3.63, 3.8) is 0 Å². The quantitative estimate of drug-likeness (QED) is 0.783. The highest BCUT2D eigenvalue weighted by Crippen LogP contribution is 2.36. The van der Waals surface area contributed by atoms with Crippen LogP contribution in [0.5, 0.6) is 0 Å². The van der Waals surface area contributed by atoms with Gasteiger partial charge in [0, 0.05) is 26.2 Å². The van der Waals surface area contributed by atoms with Gasteiger partial charge in [0.05, 0.1) is 5.54 Å². The number of carbonyl (C=O) groups excluding carboxylic acids is 1. The Labute approximate surface area is 115 Å². The molecule has 2 aliphatic heterocycles. The summed E-state index contributed by atoms with van der Waals surface area (Å²) in [6, 6.07) is 0. The fraction of sp³-hybridized carbons (Fsp3) is 0.933. The lowest BCUT2D eigenvalue weighted by Gasteiger charge is -2.50. The second-order valence-corrected chi connectivity index (χ2v) is 6.51. The molecule has 1 spiro atoms. The first kappa shape index (κ1) is 13.4. The van der Waals surface area contributed by atoms with Crippen LogP contribution in [0.4, 0.5) is 0 Å². The van der Waals surface area contributed by atoms with Gasteiger partial charge in [-0.05, 0) is 25.2 Å². The number of hydrogen-bond donors (Lipinski definition) is 1. The maximum Gasteiger partial charge on any atom is 0.252 e. The van der Waals surface area contributed by atoms with Crippen molar-refractivity contribution in [2.75, 3.05) is 26.2 Å². The number of nitrogens with zero attached hydrogens (tertiary/aromatic N) is 1. The molecular weight excluding hydrogens is 240 g/mol. The first-order valence-electron chi connectivity index (χ1n) is 7.87. The molecule has 108 valence electrons. The number of nitrogens with one attached hydrogen (secondary N) is 1. The summed E-state index contributed by atoms with van der Waals surface area (Å²) < 4.78 is 5.70. The van der Waals surface area contributed by atoms with Gasteiger partial charge < -0.3 is 15.0 Å². The van der Waals surface area contributed by atoms with E-state index in [0.717, 1.165) is 45.5 Å². The lowest BCUT2D eigenvalue weighted by Crippen LogP contribution is -2.65. The molecule has 1 N–H and O–H groups in total. The first-order valence-corrected chi connectivity index (χ1v) is 7.87. The third-order valence-corrected chi connectivity index (χ3v) is 5.22. The summed E-state index contributed by atoms with van der Waals surface area (Å²) in [5.74, 6) is 0.636. The van der Waals surface area contributed by atoms with E-state index in [1.165, 1.54) is 19.3 Å². The third-order valence-electron chi connectivity index (χ3n) is 5.22. The minimum absolute atomic E-state index is 0.0826. The first-order chi connectivity index (χ1) is 9.23. The summed E-state index contributed by atoms with van der Waals surface area (Å²) in [4.78, 5) is 15.0. The molecule has 3 fully saturated rings. The van der Waals surface area contributed by atoms with E-state index in [1.807, 2.05) is 0 Å². The van der Waals surface area contributed by atoms with Gasteiger partial charge in [-0.15, -0.1) is 0 Å². The fourth-order valence-electron chi connectivity index (χ4n) is 4.01. The molecule has 0 bridgehead atoms. The molecular formula is C15H26N2O2. The molecule has 4 nitrogen and oxygen atoms in total. The summed E-state index contributed by atoms with van der Waals surface area (Å²) in [5, 5.41) is 3.50. The van der Waals surface area contributed by atoms with Gasteiger partial charge in [0.25, 0.3) is 5.91 Å². The Bertz CT molecular complexity index is 331. The van der Waals surface area contributed by atoms with Crippen LogP contribution in [0, 0.1) is 5.92 Å². The largest absolute Gasteiger partial charge is 0.368 e. The van der Waals surface area contributed by atoms with Crippen molar-refractivity contribution >= 4 is 5.91 Å². The maximum absolute atomic E-state index is 12.9. The highest BCUT2D eigenvalue weighted by atomic mass is 16.5. The number of ether oxygens (including phenoxy) is 1. The smallest absolute Gasteiger partial charge is 0.252 e. The van der Waals surface area contributed by atoms with Crippen LogP contribution in [0.1, 0.15) is 45.4 Å². The maximum atomic E-state index is 12.9. The van der Waals surface area contributed by atoms with Crippen LogP contribution >= 0.6 is 0 Å². The normalized spacial score (nSPS) is 34.7. The molecule has 2 saturated heterocycles. The van der Waals surface area contributed by atoms with Crippen molar-refractivity contribution in [2.24, 2.45) is 5.92 Å². The van der Waals surface area contributed by atoms with E-state index in [-0.39, 0.29) is 17.6 Å². The average Bonchev–Trinajstić information content (AvgIpc) is 2.86. The monoisotopic (exact) mass is 266 g/mol. The average molecular weight is 266 g/mol. The standard InChI is InChI=1S/C15H26N2O2/c1-12-5-10-19-13(12)14(18)17-9-8-16-11-15(17)6-3-2-4-7-15/h12-13,16H,2-11H2,1H3. The van der Waals surface area contributed by atoms with Gasteiger partial charge in [-0.25, -0.2) is 0 Å². The molecule has 4 heteroatoms. The summed E-state index contributed by atoms with van der Waals surface area (Å²) in [6.07, 6.45) is 6.99. The third kappa shape index (κ3) is 2.40. The topological polar surface area (TPSA) is 41.6 Å². The Balaban J connectivity index is 1.77. The van der Waals surface area contributed by atoms with Gasteiger partial charge >= 0.3 is 0 Å². The molecule has 0 aromatic heterocycles. The molecule has 0 aromatic rings. The Morgan fingerprint density at radius 3 is 2.79 bits per heavy atom. The number of amides is 1. The predicted molar refractivity (Wildman–Crippen MR) is 73.9 cm³/mol. The van der Waals surface area contributed by atoms with E-state index in [1.54, 1.807) is 0 Å². The van der Waals surface area contributed by atoms with E-state index < -0.39 is 0 Å². The zero-order valence-corrected chi connectivity index (χ0v) is 12.0. The number of hydrogen-bond acceptors (Lipinski definition) is 3. The van der Waals surface area contributed by atoms with Crippen molar-refractivity contribution in [3.8, 4) is 0 Å². The Morgan fingerprint density at radius 2 is 2.11 bits per heavy atom. The van der Waals surface area contributed by atoms with Crippen molar-refractivity contribution in [2.45, 2.75) is 57.1 Å². The van der Waals surface area contributed by atoms with Gasteiger partial charge in [-0.1, -0.05) is 26.2 Å². The zero-order valence-electron chi connectivity index (χ0n) is 12.0. The van der Waals surface area contributed by atoms with Crippen LogP contribution in [0.2, 0.25) is 0 Å². The minimum Gasteiger partial charge on any atom is -0.368 e. The van der Waals surface area contributed by atoms with Crippen LogP contribution in [-0.2, 0) is 9.53 Å². The Morgan fingerprint density at radius 1 is 1.32 bits per heavy atom. The molecule has 2 atom stereocenters. The second kappa shape index (κ2) is 5.41. The highest BCUT2D eigenvalue weighted by molar-refractivity contribution is 5.82. The van der Waals surface area contributed by atoms with Crippen molar-refractivity contribution < 1.29 is 9.53 Å². The van der Waals surface area contributed by atoms with Gasteiger partial charge in [-0.3, -0.25) is 4.79 Å². The van der Waals surface area contributed by atoms with Crippen molar-refractivity contribution in [3.05, 3.63) is 0 Å². The van der Waals surface area contributed by atoms with Crippen LogP contribution in [0.3, 0.4) is 0 Å². The summed E-state index contributed by atoms with van der Waals surface area (Å²) in [7, 11) is 0. The summed E-state index contributed by atoms with van der Waals surface area (Å²) in [6.45, 7) is 5.64.